The predicted molar refractivity (Wildman–Crippen MR) is 176 cm³/mol. The minimum absolute atomic E-state index is 0.0407. The summed E-state index contributed by atoms with van der Waals surface area (Å²) in [5, 5.41) is 3.07. The van der Waals surface area contributed by atoms with Crippen molar-refractivity contribution in [3.8, 4) is 33.7 Å². The fraction of sp³-hybridized carbons (Fsp3) is 0.176. The zero-order valence-corrected chi connectivity index (χ0v) is 26.7. The highest BCUT2D eigenvalue weighted by Gasteiger charge is 2.27. The van der Waals surface area contributed by atoms with Gasteiger partial charge in [-0.2, -0.15) is 8.78 Å². The molecule has 3 aromatic carbocycles. The quantitative estimate of drug-likeness (QED) is 0.205. The van der Waals surface area contributed by atoms with Gasteiger partial charge in [-0.1, -0.05) is 35.9 Å². The molecule has 0 radical (unpaired) electrons. The first-order chi connectivity index (χ1) is 22.2. The summed E-state index contributed by atoms with van der Waals surface area (Å²) in [6, 6.07) is 17.3. The monoisotopic (exact) mass is 662 g/mol. The number of nitrogens with zero attached hydrogens (tertiary/aromatic N) is 3. The van der Waals surface area contributed by atoms with E-state index in [4.69, 9.17) is 4.42 Å². The molecule has 6 aromatic rings. The van der Waals surface area contributed by atoms with Crippen molar-refractivity contribution in [2.45, 2.75) is 13.5 Å². The Kier molecular flexibility index (Phi) is 7.75. The minimum atomic E-state index is -3.91. The van der Waals surface area contributed by atoms with Crippen LogP contribution >= 0.6 is 0 Å². The summed E-state index contributed by atoms with van der Waals surface area (Å²) in [7, 11) is 0.410. The van der Waals surface area contributed by atoms with Crippen LogP contribution in [-0.4, -0.2) is 43.8 Å². The predicted octanol–water partition coefficient (Wildman–Crippen LogP) is 6.69. The lowest BCUT2D eigenvalue weighted by Crippen LogP contribution is -2.26. The molecule has 0 spiro atoms. The fourth-order valence-electron chi connectivity index (χ4n) is 5.72. The number of carbonyl (C=O) groups is 1. The number of pyridine rings is 1. The molecule has 6 rings (SSSR count). The Morgan fingerprint density at radius 3 is 2.30 bits per heavy atom. The van der Waals surface area contributed by atoms with Gasteiger partial charge in [0, 0.05) is 60.9 Å². The lowest BCUT2D eigenvalue weighted by molar-refractivity contribution is 0.0666. The van der Waals surface area contributed by atoms with Gasteiger partial charge in [-0.05, 0) is 37.3 Å². The summed E-state index contributed by atoms with van der Waals surface area (Å²) < 4.78 is 78.2. The van der Waals surface area contributed by atoms with Crippen LogP contribution in [0, 0.1) is 12.7 Å². The number of halogens is 3. The number of hydrogen-bond donors (Lipinski definition) is 1. The maximum absolute atomic E-state index is 14.7. The number of aryl methyl sites for hydroxylation is 2. The molecule has 0 atom stereocenters. The number of fused-ring (bicyclic) bond motifs is 2. The summed E-state index contributed by atoms with van der Waals surface area (Å²) in [5.74, 6) is -0.825. The van der Waals surface area contributed by atoms with Crippen LogP contribution in [0.1, 0.15) is 22.5 Å². The molecule has 0 aliphatic carbocycles. The molecule has 9 nitrogen and oxygen atoms in total. The van der Waals surface area contributed by atoms with Crippen molar-refractivity contribution in [3.05, 3.63) is 100 Å². The number of aromatic nitrogens is 2. The maximum Gasteiger partial charge on any atom is 0.321 e. The summed E-state index contributed by atoms with van der Waals surface area (Å²) in [5.41, 5.74) is 1.47. The average Bonchev–Trinajstić information content (AvgIpc) is 3.57. The van der Waals surface area contributed by atoms with Crippen molar-refractivity contribution in [3.63, 3.8) is 0 Å². The summed E-state index contributed by atoms with van der Waals surface area (Å²) in [6.45, 7) is -1.36. The van der Waals surface area contributed by atoms with Crippen LogP contribution in [0.3, 0.4) is 0 Å². The van der Waals surface area contributed by atoms with Crippen LogP contribution in [0.25, 0.3) is 55.6 Å². The number of rotatable bonds is 7. The van der Waals surface area contributed by atoms with Crippen molar-refractivity contribution in [1.29, 1.82) is 0 Å². The van der Waals surface area contributed by atoms with Crippen molar-refractivity contribution in [1.82, 2.24) is 14.5 Å². The van der Waals surface area contributed by atoms with Crippen molar-refractivity contribution in [2.75, 3.05) is 24.7 Å². The summed E-state index contributed by atoms with van der Waals surface area (Å²) >= 11 is 0. The normalized spacial score (nSPS) is 11.9. The zero-order chi connectivity index (χ0) is 33.9. The van der Waals surface area contributed by atoms with Gasteiger partial charge in [-0.3, -0.25) is 18.5 Å². The van der Waals surface area contributed by atoms with Gasteiger partial charge in [0.2, 0.25) is 10.0 Å². The first kappa shape index (κ1) is 31.7. The van der Waals surface area contributed by atoms with Gasteiger partial charge in [-0.25, -0.2) is 12.8 Å². The molecule has 0 aliphatic heterocycles. The van der Waals surface area contributed by atoms with Crippen molar-refractivity contribution < 1.29 is 30.8 Å². The first-order valence-corrected chi connectivity index (χ1v) is 16.2. The minimum Gasteiger partial charge on any atom is -0.455 e. The number of furan rings is 1. The molecule has 0 bridgehead atoms. The maximum atomic E-state index is 14.7. The highest BCUT2D eigenvalue weighted by atomic mass is 32.2. The Balaban J connectivity index is 1.71. The van der Waals surface area contributed by atoms with Gasteiger partial charge in [0.25, 0.3) is 11.5 Å². The number of carbonyl (C=O) groups excluding carboxylic acids is 1. The Hall–Kier alpha value is -5.30. The second-order valence-corrected chi connectivity index (χ2v) is 13.3. The third kappa shape index (κ3) is 5.35. The Morgan fingerprint density at radius 2 is 1.68 bits per heavy atom. The Bertz CT molecular complexity index is 2390. The van der Waals surface area contributed by atoms with E-state index < -0.39 is 33.9 Å². The van der Waals surface area contributed by atoms with E-state index in [9.17, 15) is 31.2 Å². The number of benzene rings is 3. The van der Waals surface area contributed by atoms with E-state index in [1.54, 1.807) is 25.2 Å². The molecule has 0 saturated carbocycles. The second kappa shape index (κ2) is 11.5. The summed E-state index contributed by atoms with van der Waals surface area (Å²) in [4.78, 5) is 26.8. The van der Waals surface area contributed by atoms with Gasteiger partial charge in [0.1, 0.15) is 17.2 Å². The largest absolute Gasteiger partial charge is 0.455 e. The standard InChI is InChI=1S/C34H29F3N4O5S/c1-18-9-11-19(12-10-18)31-30(32(42)38-2)24-14-21(28(16-29(24)46-31)40(4)47(5,44)45)20-13-23(33(43)41(17-20)34(36)37)27-15-22-25(35)7-6-8-26(22)39(27)3/h6-17,34H,1-5H3,(H,38,42). The average molecular weight is 663 g/mol. The molecule has 1 amide bonds. The number of hydrogen-bond acceptors (Lipinski definition) is 5. The Labute approximate surface area is 267 Å². The number of amides is 1. The third-order valence-corrected chi connectivity index (χ3v) is 9.48. The van der Waals surface area contributed by atoms with Crippen LogP contribution < -0.4 is 15.2 Å². The van der Waals surface area contributed by atoms with Crippen LogP contribution in [0.15, 0.2) is 82.1 Å². The van der Waals surface area contributed by atoms with E-state index in [2.05, 4.69) is 5.32 Å². The van der Waals surface area contributed by atoms with Gasteiger partial charge >= 0.3 is 6.55 Å². The molecular weight excluding hydrogens is 633 g/mol. The molecule has 242 valence electrons. The number of sulfonamides is 1. The molecule has 0 aliphatic rings. The second-order valence-electron chi connectivity index (χ2n) is 11.2. The highest BCUT2D eigenvalue weighted by molar-refractivity contribution is 7.92. The smallest absolute Gasteiger partial charge is 0.321 e. The van der Waals surface area contributed by atoms with Crippen molar-refractivity contribution >= 4 is 43.5 Å². The molecule has 3 heterocycles. The fourth-order valence-corrected chi connectivity index (χ4v) is 6.23. The molecule has 13 heteroatoms. The molecule has 1 N–H and O–H groups in total. The SMILES string of the molecule is CNC(=O)c1c(-c2ccc(C)cc2)oc2cc(N(C)S(C)(=O)=O)c(-c3cc(-c4cc5c(F)cccc5n4C)c(=O)n(C(F)F)c3)cc12. The van der Waals surface area contributed by atoms with E-state index in [1.807, 2.05) is 19.1 Å². The first-order valence-electron chi connectivity index (χ1n) is 14.3. The van der Waals surface area contributed by atoms with Gasteiger partial charge in [0.05, 0.1) is 34.3 Å². The Morgan fingerprint density at radius 1 is 0.979 bits per heavy atom. The molecule has 0 saturated heterocycles. The number of alkyl halides is 2. The molecule has 3 aromatic heterocycles. The summed E-state index contributed by atoms with van der Waals surface area (Å²) in [6.07, 6.45) is 1.91. The van der Waals surface area contributed by atoms with Gasteiger partial charge in [0.15, 0.2) is 0 Å². The van der Waals surface area contributed by atoms with E-state index >= 15 is 0 Å². The molecule has 47 heavy (non-hydrogen) atoms. The third-order valence-electron chi connectivity index (χ3n) is 8.28. The van der Waals surface area contributed by atoms with E-state index in [1.165, 1.54) is 55.1 Å². The zero-order valence-electron chi connectivity index (χ0n) is 25.9. The highest BCUT2D eigenvalue weighted by Crippen LogP contribution is 2.42. The lowest BCUT2D eigenvalue weighted by atomic mass is 9.98. The van der Waals surface area contributed by atoms with Crippen LogP contribution in [0.5, 0.6) is 0 Å². The van der Waals surface area contributed by atoms with E-state index in [-0.39, 0.29) is 60.3 Å². The van der Waals surface area contributed by atoms with Crippen molar-refractivity contribution in [2.24, 2.45) is 7.05 Å². The van der Waals surface area contributed by atoms with Crippen LogP contribution in [0.4, 0.5) is 18.9 Å². The molecular formula is C34H29F3N4O5S. The lowest BCUT2D eigenvalue weighted by Gasteiger charge is -2.21. The molecule has 0 fully saturated rings. The molecule has 0 unspecified atom stereocenters. The van der Waals surface area contributed by atoms with E-state index in [0.29, 0.717) is 11.1 Å². The number of nitrogens with one attached hydrogen (secondary N) is 1. The van der Waals surface area contributed by atoms with Gasteiger partial charge in [-0.15, -0.1) is 0 Å². The topological polar surface area (TPSA) is 107 Å². The number of anilines is 1. The van der Waals surface area contributed by atoms with Crippen LogP contribution in [-0.2, 0) is 17.1 Å². The van der Waals surface area contributed by atoms with Gasteiger partial charge < -0.3 is 14.3 Å². The van der Waals surface area contributed by atoms with E-state index in [0.717, 1.165) is 22.3 Å². The van der Waals surface area contributed by atoms with Crippen LogP contribution in [0.2, 0.25) is 0 Å².